The van der Waals surface area contributed by atoms with E-state index in [9.17, 15) is 0 Å². The molecule has 1 aromatic heterocycles. The molecule has 2 heterocycles. The molecule has 0 saturated carbocycles. The first-order valence-corrected chi connectivity index (χ1v) is 10.3. The van der Waals surface area contributed by atoms with Crippen LogP contribution < -0.4 is 15.5 Å². The largest absolute Gasteiger partial charge is 0.362 e. The fourth-order valence-corrected chi connectivity index (χ4v) is 3.70. The smallest absolute Gasteiger partial charge is 0.232 e. The van der Waals surface area contributed by atoms with Gasteiger partial charge in [0.1, 0.15) is 11.0 Å². The molecule has 5 nitrogen and oxygen atoms in total. The maximum absolute atomic E-state index is 6.21. The first-order valence-electron chi connectivity index (χ1n) is 9.52. The molecule has 0 amide bonds. The molecule has 0 unspecified atom stereocenters. The summed E-state index contributed by atoms with van der Waals surface area (Å²) in [7, 11) is 0. The first-order chi connectivity index (χ1) is 13.1. The lowest BCUT2D eigenvalue weighted by atomic mass is 10.0. The Balaban J connectivity index is 1.51. The van der Waals surface area contributed by atoms with Gasteiger partial charge >= 0.3 is 0 Å². The van der Waals surface area contributed by atoms with Crippen molar-refractivity contribution in [3.63, 3.8) is 0 Å². The van der Waals surface area contributed by atoms with Crippen LogP contribution in [0.2, 0.25) is 5.15 Å². The number of nitrogens with zero attached hydrogens (tertiary/aromatic N) is 3. The molecule has 1 saturated heterocycles. The number of nitrogens with one attached hydrogen (secondary N) is 2. The summed E-state index contributed by atoms with van der Waals surface area (Å²) in [6, 6.07) is 12.7. The lowest BCUT2D eigenvalue weighted by molar-refractivity contribution is 0.481. The van der Waals surface area contributed by atoms with Crippen LogP contribution in [-0.4, -0.2) is 34.2 Å². The van der Waals surface area contributed by atoms with Crippen LogP contribution in [0.15, 0.2) is 36.4 Å². The van der Waals surface area contributed by atoms with Crippen molar-refractivity contribution in [2.45, 2.75) is 45.1 Å². The van der Waals surface area contributed by atoms with Gasteiger partial charge in [-0.25, -0.2) is 4.98 Å². The normalized spacial score (nSPS) is 16.8. The van der Waals surface area contributed by atoms with Gasteiger partial charge in [-0.1, -0.05) is 41.9 Å². The van der Waals surface area contributed by atoms with E-state index >= 15 is 0 Å². The molecule has 0 aliphatic carbocycles. The average Bonchev–Trinajstić information content (AvgIpc) is 2.66. The molecule has 2 aromatic rings. The molecular weight excluding hydrogens is 378 g/mol. The van der Waals surface area contributed by atoms with E-state index in [0.29, 0.717) is 22.3 Å². The Morgan fingerprint density at radius 3 is 2.85 bits per heavy atom. The lowest BCUT2D eigenvalue weighted by Crippen LogP contribution is -2.38. The van der Waals surface area contributed by atoms with E-state index in [4.69, 9.17) is 23.8 Å². The number of anilines is 2. The van der Waals surface area contributed by atoms with Crippen molar-refractivity contribution >= 4 is 40.7 Å². The second-order valence-corrected chi connectivity index (χ2v) is 7.68. The van der Waals surface area contributed by atoms with Gasteiger partial charge in [0.15, 0.2) is 5.11 Å². The Morgan fingerprint density at radius 1 is 1.26 bits per heavy atom. The highest BCUT2D eigenvalue weighted by atomic mass is 35.5. The van der Waals surface area contributed by atoms with Gasteiger partial charge in [-0.05, 0) is 56.8 Å². The van der Waals surface area contributed by atoms with Crippen molar-refractivity contribution in [3.8, 4) is 0 Å². The number of aromatic nitrogens is 2. The van der Waals surface area contributed by atoms with Crippen molar-refractivity contribution in [1.82, 2.24) is 15.3 Å². The van der Waals surface area contributed by atoms with E-state index in [2.05, 4.69) is 56.7 Å². The van der Waals surface area contributed by atoms with Crippen LogP contribution in [-0.2, 0) is 6.42 Å². The molecule has 2 N–H and O–H groups in total. The Kier molecular flexibility index (Phi) is 7.24. The molecule has 3 rings (SSSR count). The molecule has 0 bridgehead atoms. The SMILES string of the molecule is C[C@@H]1CCCCN1c1cc(Cl)nc(NC(=S)NCCCc2ccccc2)n1. The molecule has 7 heteroatoms. The minimum atomic E-state index is 0.423. The summed E-state index contributed by atoms with van der Waals surface area (Å²) in [5.41, 5.74) is 1.33. The van der Waals surface area contributed by atoms with Crippen LogP contribution in [0.4, 0.5) is 11.8 Å². The predicted molar refractivity (Wildman–Crippen MR) is 117 cm³/mol. The monoisotopic (exact) mass is 403 g/mol. The van der Waals surface area contributed by atoms with Gasteiger partial charge < -0.3 is 15.5 Å². The number of halogens is 1. The van der Waals surface area contributed by atoms with E-state index in [1.165, 1.54) is 24.8 Å². The number of benzene rings is 1. The van der Waals surface area contributed by atoms with Crippen LogP contribution in [0.5, 0.6) is 0 Å². The minimum Gasteiger partial charge on any atom is -0.362 e. The summed E-state index contributed by atoms with van der Waals surface area (Å²) < 4.78 is 0. The highest BCUT2D eigenvalue weighted by Crippen LogP contribution is 2.25. The number of hydrogen-bond donors (Lipinski definition) is 2. The Morgan fingerprint density at radius 2 is 2.07 bits per heavy atom. The molecule has 144 valence electrons. The zero-order valence-electron chi connectivity index (χ0n) is 15.6. The number of thiocarbonyl (C=S) groups is 1. The van der Waals surface area contributed by atoms with Gasteiger partial charge in [-0.15, -0.1) is 0 Å². The molecule has 0 radical (unpaired) electrons. The number of hydrogen-bond acceptors (Lipinski definition) is 4. The van der Waals surface area contributed by atoms with E-state index in [-0.39, 0.29) is 0 Å². The summed E-state index contributed by atoms with van der Waals surface area (Å²) in [5, 5.41) is 7.21. The van der Waals surface area contributed by atoms with Crippen molar-refractivity contribution in [2.24, 2.45) is 0 Å². The maximum Gasteiger partial charge on any atom is 0.232 e. The average molecular weight is 404 g/mol. The van der Waals surface area contributed by atoms with Crippen molar-refractivity contribution < 1.29 is 0 Å². The van der Waals surface area contributed by atoms with E-state index in [0.717, 1.165) is 31.7 Å². The lowest BCUT2D eigenvalue weighted by Gasteiger charge is -2.34. The summed E-state index contributed by atoms with van der Waals surface area (Å²) in [6.07, 6.45) is 5.63. The highest BCUT2D eigenvalue weighted by molar-refractivity contribution is 7.80. The number of rotatable bonds is 6. The molecule has 1 aliphatic rings. The third-order valence-electron chi connectivity index (χ3n) is 4.77. The summed E-state index contributed by atoms with van der Waals surface area (Å²) in [5.74, 6) is 1.30. The van der Waals surface area contributed by atoms with Crippen LogP contribution >= 0.6 is 23.8 Å². The first kappa shape index (κ1) is 19.8. The topological polar surface area (TPSA) is 53.1 Å². The zero-order valence-corrected chi connectivity index (χ0v) is 17.2. The predicted octanol–water partition coefficient (Wildman–Crippen LogP) is 4.43. The van der Waals surface area contributed by atoms with Crippen LogP contribution in [0.1, 0.15) is 38.2 Å². The second kappa shape index (κ2) is 9.85. The Labute approximate surface area is 171 Å². The third-order valence-corrected chi connectivity index (χ3v) is 5.21. The van der Waals surface area contributed by atoms with Crippen molar-refractivity contribution in [1.29, 1.82) is 0 Å². The third kappa shape index (κ3) is 6.04. The van der Waals surface area contributed by atoms with Crippen LogP contribution in [0.25, 0.3) is 0 Å². The van der Waals surface area contributed by atoms with Gasteiger partial charge in [0, 0.05) is 25.2 Å². The van der Waals surface area contributed by atoms with E-state index < -0.39 is 0 Å². The number of aryl methyl sites for hydroxylation is 1. The highest BCUT2D eigenvalue weighted by Gasteiger charge is 2.20. The molecular formula is C20H26ClN5S. The molecule has 1 fully saturated rings. The second-order valence-electron chi connectivity index (χ2n) is 6.88. The molecule has 27 heavy (non-hydrogen) atoms. The van der Waals surface area contributed by atoms with Crippen LogP contribution in [0, 0.1) is 0 Å². The number of piperidine rings is 1. The van der Waals surface area contributed by atoms with E-state index in [1.54, 1.807) is 0 Å². The molecule has 1 aromatic carbocycles. The van der Waals surface area contributed by atoms with Crippen LogP contribution in [0.3, 0.4) is 0 Å². The molecule has 0 spiro atoms. The van der Waals surface area contributed by atoms with E-state index in [1.807, 2.05) is 12.1 Å². The Bertz CT molecular complexity index is 755. The molecule has 1 atom stereocenters. The molecule has 1 aliphatic heterocycles. The Hall–Kier alpha value is -1.92. The standard InChI is InChI=1S/C20H26ClN5S/c1-15-8-5-6-13-26(15)18-14-17(21)23-19(24-18)25-20(27)22-12-7-11-16-9-3-2-4-10-16/h2-4,9-10,14-15H,5-8,11-13H2,1H3,(H2,22,23,24,25,27)/t15-/m1/s1. The van der Waals surface area contributed by atoms with Gasteiger partial charge in [-0.2, -0.15) is 4.98 Å². The van der Waals surface area contributed by atoms with Gasteiger partial charge in [-0.3, -0.25) is 0 Å². The zero-order chi connectivity index (χ0) is 19.1. The van der Waals surface area contributed by atoms with Gasteiger partial charge in [0.25, 0.3) is 0 Å². The fraction of sp³-hybridized carbons (Fsp3) is 0.450. The van der Waals surface area contributed by atoms with Gasteiger partial charge in [0.2, 0.25) is 5.95 Å². The fourth-order valence-electron chi connectivity index (χ4n) is 3.33. The minimum absolute atomic E-state index is 0.423. The summed E-state index contributed by atoms with van der Waals surface area (Å²) in [6.45, 7) is 4.01. The summed E-state index contributed by atoms with van der Waals surface area (Å²) in [4.78, 5) is 11.2. The van der Waals surface area contributed by atoms with Crippen molar-refractivity contribution in [2.75, 3.05) is 23.3 Å². The maximum atomic E-state index is 6.21. The quantitative estimate of drug-likeness (QED) is 0.423. The van der Waals surface area contributed by atoms with Gasteiger partial charge in [0.05, 0.1) is 0 Å². The van der Waals surface area contributed by atoms with Crippen molar-refractivity contribution in [3.05, 3.63) is 47.1 Å². The summed E-state index contributed by atoms with van der Waals surface area (Å²) >= 11 is 11.6.